The summed E-state index contributed by atoms with van der Waals surface area (Å²) in [5, 5.41) is 10.9. The summed E-state index contributed by atoms with van der Waals surface area (Å²) in [5.41, 5.74) is 3.66. The predicted molar refractivity (Wildman–Crippen MR) is 155 cm³/mol. The molecule has 1 N–H and O–H groups in total. The van der Waals surface area contributed by atoms with Crippen LogP contribution in [0.3, 0.4) is 0 Å². The molecule has 4 fully saturated rings. The van der Waals surface area contributed by atoms with E-state index in [2.05, 4.69) is 17.1 Å². The molecule has 7 heteroatoms. The van der Waals surface area contributed by atoms with Gasteiger partial charge in [0.2, 0.25) is 0 Å². The van der Waals surface area contributed by atoms with Gasteiger partial charge in [-0.25, -0.2) is 9.79 Å². The standard InChI is InChI=1S/C33H34N2O4S/c1-3-39-31(38)28-19(2)34-32-35(29(28)23-7-5-4-6-8-23)30(37)27(40-32)15-24-14-25(9-10-26(24)36)33-16-20-11-21(17-33)13-22(12-20)18-33/h4-10,14-15,20-22,29,36H,3,11-13,16-18H2,1-2H3/b27-15+/t20?,21?,22?,29-,33?/m0/s1. The van der Waals surface area contributed by atoms with Crippen LogP contribution in [0.4, 0.5) is 0 Å². The van der Waals surface area contributed by atoms with Crippen LogP contribution in [0.1, 0.15) is 75.1 Å². The van der Waals surface area contributed by atoms with Gasteiger partial charge in [-0.05, 0) is 105 Å². The van der Waals surface area contributed by atoms with Crippen LogP contribution < -0.4 is 14.9 Å². The quantitative estimate of drug-likeness (QED) is 0.452. The van der Waals surface area contributed by atoms with Gasteiger partial charge in [-0.2, -0.15) is 0 Å². The van der Waals surface area contributed by atoms with Crippen LogP contribution in [0.2, 0.25) is 0 Å². The lowest BCUT2D eigenvalue weighted by Crippen LogP contribution is -2.48. The van der Waals surface area contributed by atoms with Crippen molar-refractivity contribution in [1.82, 2.24) is 4.57 Å². The number of allylic oxidation sites excluding steroid dienone is 1. The van der Waals surface area contributed by atoms with E-state index in [1.807, 2.05) is 30.3 Å². The monoisotopic (exact) mass is 554 g/mol. The lowest BCUT2D eigenvalue weighted by molar-refractivity contribution is -0.139. The Labute approximate surface area is 237 Å². The van der Waals surface area contributed by atoms with Crippen molar-refractivity contribution >= 4 is 23.4 Å². The van der Waals surface area contributed by atoms with Crippen LogP contribution >= 0.6 is 11.3 Å². The van der Waals surface area contributed by atoms with Crippen molar-refractivity contribution in [3.8, 4) is 5.75 Å². The van der Waals surface area contributed by atoms with Crippen molar-refractivity contribution in [1.29, 1.82) is 0 Å². The molecule has 5 aliphatic rings. The number of aromatic nitrogens is 1. The fourth-order valence-corrected chi connectivity index (χ4v) is 9.39. The van der Waals surface area contributed by atoms with Gasteiger partial charge in [0.25, 0.3) is 5.56 Å². The molecule has 0 saturated heterocycles. The first-order valence-electron chi connectivity index (χ1n) is 14.4. The highest BCUT2D eigenvalue weighted by molar-refractivity contribution is 7.07. The first-order chi connectivity index (χ1) is 19.3. The minimum absolute atomic E-state index is 0.169. The lowest BCUT2D eigenvalue weighted by Gasteiger charge is -2.57. The van der Waals surface area contributed by atoms with Gasteiger partial charge in [0.05, 0.1) is 28.5 Å². The van der Waals surface area contributed by atoms with E-state index in [0.717, 1.165) is 23.3 Å². The van der Waals surface area contributed by atoms with Gasteiger partial charge >= 0.3 is 5.97 Å². The Morgan fingerprint density at radius 2 is 1.77 bits per heavy atom. The molecule has 4 bridgehead atoms. The van der Waals surface area contributed by atoms with Crippen LogP contribution in [0.25, 0.3) is 6.08 Å². The maximum atomic E-state index is 14.0. The summed E-state index contributed by atoms with van der Waals surface area (Å²) < 4.78 is 7.46. The number of thiazole rings is 1. The van der Waals surface area contributed by atoms with Crippen LogP contribution in [0.15, 0.2) is 69.6 Å². The third-order valence-electron chi connectivity index (χ3n) is 9.60. The average Bonchev–Trinajstić information content (AvgIpc) is 3.23. The minimum atomic E-state index is -0.634. The van der Waals surface area contributed by atoms with E-state index in [0.29, 0.717) is 26.2 Å². The van der Waals surface area contributed by atoms with E-state index in [-0.39, 0.29) is 23.3 Å². The zero-order valence-corrected chi connectivity index (χ0v) is 23.7. The highest BCUT2D eigenvalue weighted by atomic mass is 32.1. The maximum absolute atomic E-state index is 14.0. The SMILES string of the molecule is CCOC(=O)C1=C(C)N=c2s/c(=C/c3cc(C45CC6CC(CC(C6)C4)C5)ccc3O)c(=O)n2[C@H]1c1ccccc1. The highest BCUT2D eigenvalue weighted by Gasteiger charge is 2.51. The van der Waals surface area contributed by atoms with Crippen molar-refractivity contribution in [2.75, 3.05) is 6.61 Å². The first kappa shape index (κ1) is 25.5. The fraction of sp³-hybridized carbons (Fsp3) is 0.424. The van der Waals surface area contributed by atoms with Crippen LogP contribution in [-0.4, -0.2) is 22.2 Å². The number of nitrogens with zero attached hydrogens (tertiary/aromatic N) is 2. The molecule has 206 valence electrons. The molecule has 0 radical (unpaired) electrons. The average molecular weight is 555 g/mol. The molecule has 8 rings (SSSR count). The Morgan fingerprint density at radius 1 is 1.10 bits per heavy atom. The molecule has 2 heterocycles. The number of aromatic hydroxyl groups is 1. The summed E-state index contributed by atoms with van der Waals surface area (Å²) in [6.45, 7) is 3.80. The second-order valence-corrected chi connectivity index (χ2v) is 13.2. The molecular formula is C33H34N2O4S. The lowest BCUT2D eigenvalue weighted by atomic mass is 9.48. The van der Waals surface area contributed by atoms with Crippen molar-refractivity contribution in [2.45, 2.75) is 63.8 Å². The van der Waals surface area contributed by atoms with Crippen LogP contribution in [-0.2, 0) is 14.9 Å². The third kappa shape index (κ3) is 4.09. The number of ether oxygens (including phenoxy) is 1. The molecule has 2 aromatic carbocycles. The fourth-order valence-electron chi connectivity index (χ4n) is 8.35. The van der Waals surface area contributed by atoms with E-state index in [1.54, 1.807) is 30.6 Å². The number of hydrogen-bond donors (Lipinski definition) is 1. The van der Waals surface area contributed by atoms with Gasteiger partial charge < -0.3 is 9.84 Å². The van der Waals surface area contributed by atoms with E-state index in [1.165, 1.54) is 55.4 Å². The molecule has 1 atom stereocenters. The summed E-state index contributed by atoms with van der Waals surface area (Å²) >= 11 is 1.29. The summed E-state index contributed by atoms with van der Waals surface area (Å²) in [6.07, 6.45) is 9.63. The Hall–Kier alpha value is -3.45. The molecule has 4 saturated carbocycles. The summed E-state index contributed by atoms with van der Waals surface area (Å²) in [6, 6.07) is 14.9. The Bertz CT molecular complexity index is 1680. The topological polar surface area (TPSA) is 80.9 Å². The van der Waals surface area contributed by atoms with Crippen molar-refractivity contribution in [3.63, 3.8) is 0 Å². The van der Waals surface area contributed by atoms with Gasteiger partial charge in [-0.1, -0.05) is 47.7 Å². The molecule has 0 unspecified atom stereocenters. The molecule has 0 spiro atoms. The number of esters is 1. The second-order valence-electron chi connectivity index (χ2n) is 12.2. The highest BCUT2D eigenvalue weighted by Crippen LogP contribution is 2.60. The number of carbonyl (C=O) groups excluding carboxylic acids is 1. The van der Waals surface area contributed by atoms with Crippen molar-refractivity contribution in [3.05, 3.63) is 96.2 Å². The van der Waals surface area contributed by atoms with Crippen molar-refractivity contribution < 1.29 is 14.6 Å². The first-order valence-corrected chi connectivity index (χ1v) is 15.2. The molecule has 40 heavy (non-hydrogen) atoms. The largest absolute Gasteiger partial charge is 0.507 e. The van der Waals surface area contributed by atoms with Crippen LogP contribution in [0.5, 0.6) is 5.75 Å². The number of hydrogen-bond acceptors (Lipinski definition) is 6. The Kier molecular flexibility index (Phi) is 6.11. The summed E-state index contributed by atoms with van der Waals surface area (Å²) in [4.78, 5) is 32.3. The smallest absolute Gasteiger partial charge is 0.338 e. The molecule has 6 nitrogen and oxygen atoms in total. The van der Waals surface area contributed by atoms with Gasteiger partial charge in [-0.3, -0.25) is 9.36 Å². The van der Waals surface area contributed by atoms with Gasteiger partial charge in [-0.15, -0.1) is 0 Å². The minimum Gasteiger partial charge on any atom is -0.507 e. The Morgan fingerprint density at radius 3 is 2.42 bits per heavy atom. The zero-order chi connectivity index (χ0) is 27.6. The molecule has 4 aliphatic carbocycles. The molecular weight excluding hydrogens is 520 g/mol. The van der Waals surface area contributed by atoms with E-state index < -0.39 is 12.0 Å². The van der Waals surface area contributed by atoms with Gasteiger partial charge in [0.1, 0.15) is 5.75 Å². The Balaban J connectivity index is 1.34. The van der Waals surface area contributed by atoms with Gasteiger partial charge in [0.15, 0.2) is 4.80 Å². The molecule has 1 aromatic heterocycles. The molecule has 1 aliphatic heterocycles. The summed E-state index contributed by atoms with van der Waals surface area (Å²) in [5.74, 6) is 2.17. The van der Waals surface area contributed by atoms with E-state index >= 15 is 0 Å². The second kappa shape index (κ2) is 9.58. The van der Waals surface area contributed by atoms with Gasteiger partial charge in [0, 0.05) is 5.56 Å². The zero-order valence-electron chi connectivity index (χ0n) is 22.9. The molecule has 0 amide bonds. The normalized spacial score (nSPS) is 28.9. The van der Waals surface area contributed by atoms with Crippen LogP contribution in [0, 0.1) is 17.8 Å². The van der Waals surface area contributed by atoms with E-state index in [9.17, 15) is 14.7 Å². The number of fused-ring (bicyclic) bond motifs is 1. The van der Waals surface area contributed by atoms with E-state index in [4.69, 9.17) is 4.74 Å². The summed E-state index contributed by atoms with van der Waals surface area (Å²) in [7, 11) is 0. The maximum Gasteiger partial charge on any atom is 0.338 e. The third-order valence-corrected chi connectivity index (χ3v) is 10.6. The molecule has 3 aromatic rings. The number of benzene rings is 2. The number of phenols is 1. The predicted octanol–water partition coefficient (Wildman–Crippen LogP) is 4.97. The van der Waals surface area contributed by atoms with Crippen molar-refractivity contribution in [2.24, 2.45) is 22.7 Å². The number of carbonyl (C=O) groups is 1. The number of phenolic OH excluding ortho intramolecular Hbond substituents is 1. The number of rotatable bonds is 5.